The van der Waals surface area contributed by atoms with Crippen molar-refractivity contribution < 1.29 is 9.84 Å². The number of hydrogen-bond acceptors (Lipinski definition) is 2. The predicted molar refractivity (Wildman–Crippen MR) is 93.4 cm³/mol. The monoisotopic (exact) mass is 474 g/mol. The maximum absolute atomic E-state index is 10.0. The molecule has 2 rings (SSSR count). The van der Waals surface area contributed by atoms with Crippen LogP contribution in [0.1, 0.15) is 42.5 Å². The second-order valence-electron chi connectivity index (χ2n) is 5.39. The van der Waals surface area contributed by atoms with Crippen molar-refractivity contribution in [3.05, 3.63) is 22.3 Å². The molecular weight excluding hydrogens is 454 g/mol. The van der Waals surface area contributed by atoms with E-state index in [9.17, 15) is 5.11 Å². The Bertz CT molecular complexity index is 454. The molecule has 1 heterocycles. The average Bonchev–Trinajstić information content (AvgIpc) is 2.35. The third-order valence-electron chi connectivity index (χ3n) is 3.70. The molecule has 18 heavy (non-hydrogen) atoms. The van der Waals surface area contributed by atoms with Gasteiger partial charge in [0.1, 0.15) is 17.1 Å². The smallest absolute Gasteiger partial charge is 0.127 e. The van der Waals surface area contributed by atoms with E-state index in [1.807, 2.05) is 20.8 Å². The van der Waals surface area contributed by atoms with E-state index in [2.05, 4.69) is 51.1 Å². The first kappa shape index (κ1) is 16.3. The molecule has 0 atom stereocenters. The number of benzene rings is 1. The minimum atomic E-state index is -0.0897. The van der Waals surface area contributed by atoms with Gasteiger partial charge in [0, 0.05) is 42.8 Å². The normalized spacial score (nSPS) is 16.2. The molecule has 0 bridgehead atoms. The SMILES string of the molecule is Cc1c(C)c2c(c(C)c1O)CCC(C)(C)O2.II. The molecule has 1 aliphatic rings. The van der Waals surface area contributed by atoms with Crippen molar-refractivity contribution >= 4 is 37.2 Å². The third kappa shape index (κ3) is 3.05. The van der Waals surface area contributed by atoms with Crippen LogP contribution in [0.3, 0.4) is 0 Å². The molecule has 0 aromatic heterocycles. The Morgan fingerprint density at radius 2 is 1.61 bits per heavy atom. The molecule has 0 aliphatic carbocycles. The van der Waals surface area contributed by atoms with Crippen molar-refractivity contribution in [2.24, 2.45) is 0 Å². The molecule has 102 valence electrons. The largest absolute Gasteiger partial charge is 0.507 e. The fourth-order valence-corrected chi connectivity index (χ4v) is 2.36. The maximum Gasteiger partial charge on any atom is 0.127 e. The van der Waals surface area contributed by atoms with Gasteiger partial charge in [-0.15, -0.1) is 0 Å². The summed E-state index contributed by atoms with van der Waals surface area (Å²) in [6.45, 7) is 10.2. The molecule has 4 heteroatoms. The van der Waals surface area contributed by atoms with Gasteiger partial charge >= 0.3 is 0 Å². The number of halogens is 2. The van der Waals surface area contributed by atoms with Gasteiger partial charge < -0.3 is 9.84 Å². The van der Waals surface area contributed by atoms with Gasteiger partial charge in [-0.2, -0.15) is 0 Å². The second kappa shape index (κ2) is 6.15. The van der Waals surface area contributed by atoms with Gasteiger partial charge in [0.25, 0.3) is 0 Å². The molecule has 0 saturated carbocycles. The Kier molecular flexibility index (Phi) is 5.58. The number of rotatable bonds is 0. The van der Waals surface area contributed by atoms with Crippen LogP contribution in [-0.4, -0.2) is 10.7 Å². The van der Waals surface area contributed by atoms with Crippen molar-refractivity contribution in [2.45, 2.75) is 53.1 Å². The zero-order chi connectivity index (χ0) is 14.1. The van der Waals surface area contributed by atoms with E-state index < -0.39 is 0 Å². The molecular formula is C14H20I2O2. The summed E-state index contributed by atoms with van der Waals surface area (Å²) >= 11 is 4.24. The molecule has 1 aromatic carbocycles. The van der Waals surface area contributed by atoms with Crippen LogP contribution in [0.25, 0.3) is 0 Å². The molecule has 0 radical (unpaired) electrons. The third-order valence-corrected chi connectivity index (χ3v) is 3.70. The number of aromatic hydroxyl groups is 1. The highest BCUT2D eigenvalue weighted by atomic mass is 128. The quantitative estimate of drug-likeness (QED) is 0.525. The molecule has 1 aliphatic heterocycles. The Balaban J connectivity index is 0.000000771. The average molecular weight is 474 g/mol. The van der Waals surface area contributed by atoms with Gasteiger partial charge in [0.2, 0.25) is 0 Å². The lowest BCUT2D eigenvalue weighted by molar-refractivity contribution is 0.0831. The van der Waals surface area contributed by atoms with Crippen LogP contribution in [0.4, 0.5) is 0 Å². The first-order chi connectivity index (χ1) is 8.33. The van der Waals surface area contributed by atoms with Crippen molar-refractivity contribution in [1.29, 1.82) is 0 Å². The standard InChI is InChI=1S/C14H20O2.I2/c1-8-9(2)13-11(10(3)12(8)15)6-7-14(4,5)16-13;1-2/h15H,6-7H2,1-5H3;. The molecule has 0 spiro atoms. The van der Waals surface area contributed by atoms with Crippen LogP contribution in [0.15, 0.2) is 0 Å². The van der Waals surface area contributed by atoms with E-state index in [1.54, 1.807) is 0 Å². The number of ether oxygens (including phenoxy) is 1. The van der Waals surface area contributed by atoms with E-state index in [0.717, 1.165) is 35.3 Å². The minimum absolute atomic E-state index is 0.0897. The lowest BCUT2D eigenvalue weighted by Crippen LogP contribution is -2.33. The fourth-order valence-electron chi connectivity index (χ4n) is 2.36. The zero-order valence-corrected chi connectivity index (χ0v) is 15.8. The number of hydrogen-bond donors (Lipinski definition) is 1. The van der Waals surface area contributed by atoms with E-state index in [1.165, 1.54) is 5.56 Å². The second-order valence-corrected chi connectivity index (χ2v) is 5.39. The van der Waals surface area contributed by atoms with Gasteiger partial charge in [-0.1, -0.05) is 0 Å². The van der Waals surface area contributed by atoms with Crippen LogP contribution in [-0.2, 0) is 6.42 Å². The summed E-state index contributed by atoms with van der Waals surface area (Å²) in [4.78, 5) is 0. The molecule has 2 nitrogen and oxygen atoms in total. The summed E-state index contributed by atoms with van der Waals surface area (Å²) in [6.07, 6.45) is 1.99. The lowest BCUT2D eigenvalue weighted by Gasteiger charge is -2.35. The van der Waals surface area contributed by atoms with Crippen LogP contribution < -0.4 is 4.74 Å². The predicted octanol–water partition coefficient (Wildman–Crippen LogP) is 5.19. The van der Waals surface area contributed by atoms with Crippen molar-refractivity contribution in [2.75, 3.05) is 0 Å². The Morgan fingerprint density at radius 3 is 2.17 bits per heavy atom. The maximum atomic E-state index is 10.0. The Labute approximate surface area is 133 Å². The highest BCUT2D eigenvalue weighted by molar-refractivity contribution is 15.0. The summed E-state index contributed by atoms with van der Waals surface area (Å²) in [6, 6.07) is 0. The molecule has 0 saturated heterocycles. The van der Waals surface area contributed by atoms with Gasteiger partial charge in [-0.25, -0.2) is 0 Å². The molecule has 0 fully saturated rings. The van der Waals surface area contributed by atoms with E-state index in [0.29, 0.717) is 5.75 Å². The highest BCUT2D eigenvalue weighted by Gasteiger charge is 2.30. The topological polar surface area (TPSA) is 29.5 Å². The molecule has 0 unspecified atom stereocenters. The summed E-state index contributed by atoms with van der Waals surface area (Å²) in [7, 11) is 0. The van der Waals surface area contributed by atoms with Crippen molar-refractivity contribution in [1.82, 2.24) is 0 Å². The van der Waals surface area contributed by atoms with Gasteiger partial charge in [-0.05, 0) is 64.2 Å². The number of fused-ring (bicyclic) bond motifs is 1. The minimum Gasteiger partial charge on any atom is -0.507 e. The van der Waals surface area contributed by atoms with Crippen molar-refractivity contribution in [3.63, 3.8) is 0 Å². The first-order valence-corrected chi connectivity index (χ1v) is 12.3. The van der Waals surface area contributed by atoms with E-state index in [4.69, 9.17) is 4.74 Å². The summed E-state index contributed by atoms with van der Waals surface area (Å²) < 4.78 is 6.06. The van der Waals surface area contributed by atoms with Gasteiger partial charge in [0.15, 0.2) is 0 Å². The van der Waals surface area contributed by atoms with Gasteiger partial charge in [0.05, 0.1) is 0 Å². The number of phenols is 1. The molecule has 1 N–H and O–H groups in total. The highest BCUT2D eigenvalue weighted by Crippen LogP contribution is 2.42. The van der Waals surface area contributed by atoms with E-state index >= 15 is 0 Å². The fraction of sp³-hybridized carbons (Fsp3) is 0.571. The summed E-state index contributed by atoms with van der Waals surface area (Å²) in [5, 5.41) is 10.0. The first-order valence-electron chi connectivity index (χ1n) is 5.98. The van der Waals surface area contributed by atoms with Crippen LogP contribution in [0, 0.1) is 20.8 Å². The lowest BCUT2D eigenvalue weighted by atomic mass is 9.88. The Morgan fingerprint density at radius 1 is 1.06 bits per heavy atom. The molecule has 0 amide bonds. The molecule has 1 aromatic rings. The summed E-state index contributed by atoms with van der Waals surface area (Å²) in [5.41, 5.74) is 4.08. The van der Waals surface area contributed by atoms with Crippen LogP contribution in [0.2, 0.25) is 0 Å². The van der Waals surface area contributed by atoms with Crippen LogP contribution in [0.5, 0.6) is 11.5 Å². The number of phenolic OH excluding ortho intramolecular Hbond substituents is 1. The van der Waals surface area contributed by atoms with Crippen molar-refractivity contribution in [3.8, 4) is 11.5 Å². The van der Waals surface area contributed by atoms with Crippen LogP contribution >= 0.6 is 37.2 Å². The van der Waals surface area contributed by atoms with Gasteiger partial charge in [-0.3, -0.25) is 0 Å². The van der Waals surface area contributed by atoms with E-state index in [-0.39, 0.29) is 5.60 Å². The Hall–Kier alpha value is 0.280. The zero-order valence-electron chi connectivity index (χ0n) is 11.5. The summed E-state index contributed by atoms with van der Waals surface area (Å²) in [5.74, 6) is 1.42.